The number of hydrogen-bond donors (Lipinski definition) is 1. The zero-order valence-electron chi connectivity index (χ0n) is 10.9. The van der Waals surface area contributed by atoms with E-state index in [4.69, 9.17) is 17.3 Å². The molecule has 1 saturated heterocycles. The average Bonchev–Trinajstić information content (AvgIpc) is 2.33. The van der Waals surface area contributed by atoms with Crippen LogP contribution in [0, 0.1) is 5.92 Å². The summed E-state index contributed by atoms with van der Waals surface area (Å²) in [6, 6.07) is 0. The van der Waals surface area contributed by atoms with Crippen LogP contribution in [0.1, 0.15) is 13.8 Å². The Hall–Kier alpha value is -1.07. The van der Waals surface area contributed by atoms with Gasteiger partial charge in [0.1, 0.15) is 12.0 Å². The molecule has 1 aliphatic rings. The molecule has 0 bridgehead atoms. The lowest BCUT2D eigenvalue weighted by Gasteiger charge is -2.36. The van der Waals surface area contributed by atoms with E-state index in [1.54, 1.807) is 0 Å². The normalized spacial score (nSPS) is 17.4. The summed E-state index contributed by atoms with van der Waals surface area (Å²) < 4.78 is 0. The second kappa shape index (κ2) is 5.71. The van der Waals surface area contributed by atoms with Gasteiger partial charge in [-0.2, -0.15) is 0 Å². The van der Waals surface area contributed by atoms with Gasteiger partial charge >= 0.3 is 0 Å². The fraction of sp³-hybridized carbons (Fsp3) is 0.583. The highest BCUT2D eigenvalue weighted by Gasteiger charge is 2.21. The molecule has 5 nitrogen and oxygen atoms in total. The monoisotopic (exact) mass is 268 g/mol. The Morgan fingerprint density at radius 2 is 1.94 bits per heavy atom. The van der Waals surface area contributed by atoms with Gasteiger partial charge in [0.2, 0.25) is 0 Å². The van der Waals surface area contributed by atoms with Crippen LogP contribution in [0.3, 0.4) is 0 Å². The number of nitrogen functional groups attached to an aromatic ring is 1. The van der Waals surface area contributed by atoms with Gasteiger partial charge in [0, 0.05) is 32.7 Å². The maximum absolute atomic E-state index is 5.91. The van der Waals surface area contributed by atoms with Crippen LogP contribution in [-0.2, 0) is 0 Å². The van der Waals surface area contributed by atoms with Crippen LogP contribution >= 0.6 is 11.6 Å². The van der Waals surface area contributed by atoms with Crippen molar-refractivity contribution in [3.8, 4) is 0 Å². The molecule has 6 heteroatoms. The third kappa shape index (κ3) is 3.03. The van der Waals surface area contributed by atoms with Crippen LogP contribution < -0.4 is 10.6 Å². The number of hydrogen-bond acceptors (Lipinski definition) is 5. The van der Waals surface area contributed by atoms with Crippen LogP contribution in [0.2, 0.25) is 5.15 Å². The quantitative estimate of drug-likeness (QED) is 0.841. The molecular formula is C12H19ClN5. The molecule has 1 radical (unpaired) electrons. The first-order valence-corrected chi connectivity index (χ1v) is 6.48. The second-order valence-corrected chi connectivity index (χ2v) is 5.23. The summed E-state index contributed by atoms with van der Waals surface area (Å²) >= 11 is 5.91. The third-order valence-electron chi connectivity index (χ3n) is 3.03. The SMILES string of the molecule is C[C](C)CN1CCN(c2ncnc(Cl)c2N)CC1. The van der Waals surface area contributed by atoms with E-state index in [-0.39, 0.29) is 0 Å². The third-order valence-corrected chi connectivity index (χ3v) is 3.33. The Labute approximate surface area is 113 Å². The molecular weight excluding hydrogens is 250 g/mol. The molecule has 2 rings (SSSR count). The molecule has 0 aromatic carbocycles. The number of rotatable bonds is 3. The van der Waals surface area contributed by atoms with Gasteiger partial charge in [-0.25, -0.2) is 9.97 Å². The molecule has 1 aliphatic heterocycles. The van der Waals surface area contributed by atoms with E-state index in [0.717, 1.165) is 38.5 Å². The predicted octanol–water partition coefficient (Wildman–Crippen LogP) is 1.45. The number of halogens is 1. The number of piperazine rings is 1. The highest BCUT2D eigenvalue weighted by molar-refractivity contribution is 6.32. The fourth-order valence-corrected chi connectivity index (χ4v) is 2.31. The van der Waals surface area contributed by atoms with Crippen molar-refractivity contribution in [2.45, 2.75) is 13.8 Å². The van der Waals surface area contributed by atoms with Crippen LogP contribution in [0.25, 0.3) is 0 Å². The van der Waals surface area contributed by atoms with E-state index in [2.05, 4.69) is 33.6 Å². The lowest BCUT2D eigenvalue weighted by molar-refractivity contribution is 0.267. The van der Waals surface area contributed by atoms with Crippen molar-refractivity contribution in [2.75, 3.05) is 43.4 Å². The van der Waals surface area contributed by atoms with E-state index in [1.165, 1.54) is 12.2 Å². The summed E-state index contributed by atoms with van der Waals surface area (Å²) in [4.78, 5) is 12.7. The Morgan fingerprint density at radius 3 is 2.56 bits per heavy atom. The molecule has 1 aromatic rings. The van der Waals surface area contributed by atoms with Gasteiger partial charge in [-0.3, -0.25) is 4.90 Å². The first-order chi connectivity index (χ1) is 8.58. The van der Waals surface area contributed by atoms with Gasteiger partial charge in [-0.05, 0) is 5.92 Å². The molecule has 0 unspecified atom stereocenters. The minimum atomic E-state index is 0.333. The topological polar surface area (TPSA) is 58.3 Å². The highest BCUT2D eigenvalue weighted by Crippen LogP contribution is 2.26. The number of aromatic nitrogens is 2. The summed E-state index contributed by atoms with van der Waals surface area (Å²) in [5.74, 6) is 2.19. The molecule has 2 heterocycles. The number of nitrogens with two attached hydrogens (primary N) is 1. The maximum atomic E-state index is 5.91. The molecule has 99 valence electrons. The van der Waals surface area contributed by atoms with Gasteiger partial charge in [-0.15, -0.1) is 0 Å². The molecule has 18 heavy (non-hydrogen) atoms. The van der Waals surface area contributed by atoms with Gasteiger partial charge in [-0.1, -0.05) is 25.4 Å². The molecule has 0 spiro atoms. The van der Waals surface area contributed by atoms with E-state index in [0.29, 0.717) is 10.8 Å². The van der Waals surface area contributed by atoms with E-state index >= 15 is 0 Å². The van der Waals surface area contributed by atoms with Gasteiger partial charge in [0.15, 0.2) is 11.0 Å². The molecule has 0 amide bonds. The van der Waals surface area contributed by atoms with Crippen molar-refractivity contribution in [1.29, 1.82) is 0 Å². The molecule has 2 N–H and O–H groups in total. The second-order valence-electron chi connectivity index (χ2n) is 4.87. The Kier molecular flexibility index (Phi) is 4.24. The van der Waals surface area contributed by atoms with Crippen molar-refractivity contribution >= 4 is 23.1 Å². The minimum Gasteiger partial charge on any atom is -0.393 e. The Bertz CT molecular complexity index is 401. The van der Waals surface area contributed by atoms with Gasteiger partial charge < -0.3 is 10.6 Å². The summed E-state index contributed by atoms with van der Waals surface area (Å²) in [7, 11) is 0. The average molecular weight is 269 g/mol. The largest absolute Gasteiger partial charge is 0.393 e. The smallest absolute Gasteiger partial charge is 0.157 e. The predicted molar refractivity (Wildman–Crippen MR) is 74.7 cm³/mol. The van der Waals surface area contributed by atoms with Crippen LogP contribution in [0.15, 0.2) is 6.33 Å². The van der Waals surface area contributed by atoms with Crippen LogP contribution in [-0.4, -0.2) is 47.6 Å². The highest BCUT2D eigenvalue weighted by atomic mass is 35.5. The molecule has 0 saturated carbocycles. The van der Waals surface area contributed by atoms with E-state index in [1.807, 2.05) is 0 Å². The van der Waals surface area contributed by atoms with Crippen molar-refractivity contribution in [3.63, 3.8) is 0 Å². The van der Waals surface area contributed by atoms with Crippen molar-refractivity contribution in [1.82, 2.24) is 14.9 Å². The summed E-state index contributed by atoms with van der Waals surface area (Å²) in [6.07, 6.45) is 1.46. The molecule has 1 fully saturated rings. The number of nitrogens with zero attached hydrogens (tertiary/aromatic N) is 4. The van der Waals surface area contributed by atoms with Gasteiger partial charge in [0.05, 0.1) is 0 Å². The number of anilines is 2. The molecule has 0 atom stereocenters. The van der Waals surface area contributed by atoms with Crippen molar-refractivity contribution in [2.24, 2.45) is 0 Å². The zero-order chi connectivity index (χ0) is 13.1. The zero-order valence-corrected chi connectivity index (χ0v) is 11.6. The van der Waals surface area contributed by atoms with Gasteiger partial charge in [0.25, 0.3) is 0 Å². The lowest BCUT2D eigenvalue weighted by atomic mass is 10.2. The van der Waals surface area contributed by atoms with E-state index < -0.39 is 0 Å². The van der Waals surface area contributed by atoms with E-state index in [9.17, 15) is 0 Å². The van der Waals surface area contributed by atoms with Crippen molar-refractivity contribution in [3.05, 3.63) is 17.4 Å². The van der Waals surface area contributed by atoms with Crippen molar-refractivity contribution < 1.29 is 0 Å². The Balaban J connectivity index is 1.99. The first-order valence-electron chi connectivity index (χ1n) is 6.10. The summed E-state index contributed by atoms with van der Waals surface area (Å²) in [6.45, 7) is 9.27. The standard InChI is InChI=1S/C12H19ClN5/c1-9(2)7-17-3-5-18(6-4-17)12-10(14)11(13)15-8-16-12/h8H,3-7,14H2,1-2H3. The summed E-state index contributed by atoms with van der Waals surface area (Å²) in [5, 5.41) is 0.333. The summed E-state index contributed by atoms with van der Waals surface area (Å²) in [5.41, 5.74) is 6.39. The fourth-order valence-electron chi connectivity index (χ4n) is 2.18. The maximum Gasteiger partial charge on any atom is 0.157 e. The molecule has 1 aromatic heterocycles. The van der Waals surface area contributed by atoms with Crippen LogP contribution in [0.4, 0.5) is 11.5 Å². The minimum absolute atomic E-state index is 0.333. The Morgan fingerprint density at radius 1 is 1.28 bits per heavy atom. The molecule has 0 aliphatic carbocycles. The first kappa shape index (κ1) is 13.4. The lowest BCUT2D eigenvalue weighted by Crippen LogP contribution is -2.47. The van der Waals surface area contributed by atoms with Crippen LogP contribution in [0.5, 0.6) is 0 Å².